The molecule has 0 aliphatic carbocycles. The van der Waals surface area contributed by atoms with E-state index in [-0.39, 0.29) is 12.8 Å². The van der Waals surface area contributed by atoms with E-state index in [0.717, 1.165) is 16.6 Å². The number of hydrogen-bond acceptors (Lipinski definition) is 0. The van der Waals surface area contributed by atoms with E-state index in [1.54, 1.807) is 13.1 Å². The smallest absolute Gasteiger partial charge is 0.203 e. The summed E-state index contributed by atoms with van der Waals surface area (Å²) in [7, 11) is 1.79. The number of benzene rings is 2. The summed E-state index contributed by atoms with van der Waals surface area (Å²) in [5.74, 6) is -9.49. The molecular formula is C18H13F5N+. The van der Waals surface area contributed by atoms with E-state index < -0.39 is 34.6 Å². The maximum absolute atomic E-state index is 13.7. The lowest BCUT2D eigenvalue weighted by atomic mass is 10.0. The lowest BCUT2D eigenvalue weighted by Gasteiger charge is -2.08. The molecule has 1 nitrogen and oxygen atoms in total. The first kappa shape index (κ1) is 16.4. The van der Waals surface area contributed by atoms with Crippen molar-refractivity contribution in [2.24, 2.45) is 7.05 Å². The molecule has 0 saturated carbocycles. The Balaban J connectivity index is 1.96. The average Bonchev–Trinajstić information content (AvgIpc) is 2.60. The SMILES string of the molecule is C[n+]1c(CCc2c(F)c(F)c(F)c(F)c2F)ccc2ccccc21. The predicted octanol–water partition coefficient (Wildman–Crippen LogP) is 4.15. The van der Waals surface area contributed by atoms with Crippen LogP contribution in [0.15, 0.2) is 36.4 Å². The van der Waals surface area contributed by atoms with Gasteiger partial charge in [0, 0.05) is 29.5 Å². The molecule has 0 fully saturated rings. The quantitative estimate of drug-likeness (QED) is 0.292. The van der Waals surface area contributed by atoms with Crippen molar-refractivity contribution in [2.75, 3.05) is 0 Å². The summed E-state index contributed by atoms with van der Waals surface area (Å²) < 4.78 is 68.9. The summed E-state index contributed by atoms with van der Waals surface area (Å²) >= 11 is 0. The molecule has 0 radical (unpaired) electrons. The fourth-order valence-electron chi connectivity index (χ4n) is 2.76. The molecule has 2 aromatic carbocycles. The van der Waals surface area contributed by atoms with Crippen LogP contribution in [0.2, 0.25) is 0 Å². The number of fused-ring (bicyclic) bond motifs is 1. The van der Waals surface area contributed by atoms with Crippen LogP contribution in [0, 0.1) is 29.1 Å². The van der Waals surface area contributed by atoms with Crippen LogP contribution in [-0.2, 0) is 19.9 Å². The van der Waals surface area contributed by atoms with Gasteiger partial charge in [0.2, 0.25) is 11.3 Å². The fraction of sp³-hybridized carbons (Fsp3) is 0.167. The maximum atomic E-state index is 13.7. The van der Waals surface area contributed by atoms with Crippen molar-refractivity contribution >= 4 is 10.9 Å². The summed E-state index contributed by atoms with van der Waals surface area (Å²) in [6.07, 6.45) is -0.155. The summed E-state index contributed by atoms with van der Waals surface area (Å²) in [6, 6.07) is 11.2. The number of hydrogen-bond donors (Lipinski definition) is 0. The Morgan fingerprint density at radius 2 is 1.29 bits per heavy atom. The Labute approximate surface area is 135 Å². The van der Waals surface area contributed by atoms with E-state index in [9.17, 15) is 22.0 Å². The van der Waals surface area contributed by atoms with Crippen molar-refractivity contribution in [2.45, 2.75) is 12.8 Å². The third kappa shape index (κ3) is 2.62. The summed E-state index contributed by atoms with van der Waals surface area (Å²) in [5, 5.41) is 0.986. The highest BCUT2D eigenvalue weighted by Crippen LogP contribution is 2.24. The third-order valence-corrected chi connectivity index (χ3v) is 4.12. The Kier molecular flexibility index (Phi) is 4.22. The fourth-order valence-corrected chi connectivity index (χ4v) is 2.76. The van der Waals surface area contributed by atoms with Gasteiger partial charge in [-0.2, -0.15) is 4.57 Å². The van der Waals surface area contributed by atoms with E-state index in [1.165, 1.54) is 0 Å². The Morgan fingerprint density at radius 1 is 0.708 bits per heavy atom. The van der Waals surface area contributed by atoms with Gasteiger partial charge in [0.25, 0.3) is 0 Å². The third-order valence-electron chi connectivity index (χ3n) is 4.12. The van der Waals surface area contributed by atoms with Crippen LogP contribution in [0.25, 0.3) is 10.9 Å². The van der Waals surface area contributed by atoms with Crippen molar-refractivity contribution in [1.82, 2.24) is 0 Å². The molecule has 6 heteroatoms. The first-order valence-corrected chi connectivity index (χ1v) is 7.28. The molecule has 124 valence electrons. The summed E-state index contributed by atoms with van der Waals surface area (Å²) in [4.78, 5) is 0. The van der Waals surface area contributed by atoms with Crippen molar-refractivity contribution in [3.63, 3.8) is 0 Å². The Morgan fingerprint density at radius 3 is 1.96 bits per heavy atom. The second-order valence-corrected chi connectivity index (χ2v) is 5.49. The highest BCUT2D eigenvalue weighted by atomic mass is 19.2. The zero-order valence-corrected chi connectivity index (χ0v) is 12.7. The number of aromatic nitrogens is 1. The molecule has 0 bridgehead atoms. The molecule has 1 heterocycles. The van der Waals surface area contributed by atoms with Crippen molar-refractivity contribution < 1.29 is 26.5 Å². The minimum absolute atomic E-state index is 0.139. The van der Waals surface area contributed by atoms with Crippen LogP contribution in [0.5, 0.6) is 0 Å². The maximum Gasteiger partial charge on any atom is 0.212 e. The number of nitrogens with zero attached hydrogens (tertiary/aromatic N) is 1. The molecule has 1 aromatic heterocycles. The zero-order valence-electron chi connectivity index (χ0n) is 12.7. The molecule has 3 rings (SSSR count). The van der Waals surface area contributed by atoms with Crippen molar-refractivity contribution in [3.8, 4) is 0 Å². The van der Waals surface area contributed by atoms with Crippen LogP contribution in [-0.4, -0.2) is 0 Å². The van der Waals surface area contributed by atoms with E-state index in [4.69, 9.17) is 0 Å². The van der Waals surface area contributed by atoms with Gasteiger partial charge in [-0.3, -0.25) is 0 Å². The average molecular weight is 338 g/mol. The largest absolute Gasteiger partial charge is 0.212 e. The topological polar surface area (TPSA) is 3.88 Å². The highest BCUT2D eigenvalue weighted by Gasteiger charge is 2.26. The second kappa shape index (κ2) is 6.19. The number of aryl methyl sites for hydroxylation is 2. The minimum Gasteiger partial charge on any atom is -0.203 e. The molecule has 3 aromatic rings. The molecule has 0 aliphatic heterocycles. The standard InChI is InChI=1S/C18H13F5N/c1-24-11(7-6-10-4-2-3-5-13(10)24)8-9-12-14(19)16(21)18(23)17(22)15(12)20/h2-7H,8-9H2,1H3/q+1. The van der Waals surface area contributed by atoms with E-state index in [1.807, 2.05) is 34.9 Å². The van der Waals surface area contributed by atoms with Gasteiger partial charge in [0.05, 0.1) is 0 Å². The molecule has 0 atom stereocenters. The summed E-state index contributed by atoms with van der Waals surface area (Å²) in [6.45, 7) is 0. The molecule has 0 N–H and O–H groups in total. The molecule has 24 heavy (non-hydrogen) atoms. The number of rotatable bonds is 3. The number of halogens is 5. The number of para-hydroxylation sites is 1. The highest BCUT2D eigenvalue weighted by molar-refractivity contribution is 5.75. The monoisotopic (exact) mass is 338 g/mol. The van der Waals surface area contributed by atoms with Crippen LogP contribution in [0.1, 0.15) is 11.3 Å². The molecule has 0 unspecified atom stereocenters. The minimum atomic E-state index is -2.13. The van der Waals surface area contributed by atoms with Gasteiger partial charge in [-0.1, -0.05) is 12.1 Å². The van der Waals surface area contributed by atoms with Gasteiger partial charge >= 0.3 is 0 Å². The van der Waals surface area contributed by atoms with E-state index in [2.05, 4.69) is 0 Å². The summed E-state index contributed by atoms with van der Waals surface area (Å²) in [5.41, 5.74) is 0.838. The molecule has 0 aliphatic rings. The molecule has 0 saturated heterocycles. The van der Waals surface area contributed by atoms with Crippen LogP contribution >= 0.6 is 0 Å². The van der Waals surface area contributed by atoms with E-state index in [0.29, 0.717) is 0 Å². The zero-order chi connectivity index (χ0) is 17.4. The molecule has 0 amide bonds. The van der Waals surface area contributed by atoms with Crippen LogP contribution in [0.3, 0.4) is 0 Å². The molecular weight excluding hydrogens is 325 g/mol. The van der Waals surface area contributed by atoms with Gasteiger partial charge in [-0.25, -0.2) is 22.0 Å². The van der Waals surface area contributed by atoms with E-state index >= 15 is 0 Å². The van der Waals surface area contributed by atoms with Gasteiger partial charge in [-0.15, -0.1) is 0 Å². The Bertz CT molecular complexity index is 907. The second-order valence-electron chi connectivity index (χ2n) is 5.49. The number of pyridine rings is 1. The van der Waals surface area contributed by atoms with Gasteiger partial charge in [0.15, 0.2) is 29.0 Å². The van der Waals surface area contributed by atoms with Crippen molar-refractivity contribution in [3.05, 3.63) is 76.7 Å². The van der Waals surface area contributed by atoms with Crippen molar-refractivity contribution in [1.29, 1.82) is 0 Å². The normalized spacial score (nSPS) is 11.2. The van der Waals surface area contributed by atoms with Crippen LogP contribution < -0.4 is 4.57 Å². The van der Waals surface area contributed by atoms with Gasteiger partial charge in [0.1, 0.15) is 7.05 Å². The molecule has 0 spiro atoms. The lowest BCUT2D eigenvalue weighted by molar-refractivity contribution is -0.652. The Hall–Kier alpha value is -2.50. The first-order valence-electron chi connectivity index (χ1n) is 7.28. The van der Waals surface area contributed by atoms with Gasteiger partial charge in [-0.05, 0) is 18.6 Å². The predicted molar refractivity (Wildman–Crippen MR) is 78.8 cm³/mol. The van der Waals surface area contributed by atoms with Gasteiger partial charge < -0.3 is 0 Å². The lowest BCUT2D eigenvalue weighted by Crippen LogP contribution is -2.34. The van der Waals surface area contributed by atoms with Crippen LogP contribution in [0.4, 0.5) is 22.0 Å². The first-order chi connectivity index (χ1) is 11.4.